The molecule has 0 aliphatic carbocycles. The fourth-order valence-corrected chi connectivity index (χ4v) is 5.20. The van der Waals surface area contributed by atoms with Crippen LogP contribution in [0.1, 0.15) is 46.7 Å². The van der Waals surface area contributed by atoms with Gasteiger partial charge in [0.2, 0.25) is 5.91 Å². The molecule has 4 aromatic rings. The second-order valence-electron chi connectivity index (χ2n) is 9.52. The van der Waals surface area contributed by atoms with Crippen LogP contribution in [-0.2, 0) is 16.1 Å². The van der Waals surface area contributed by atoms with E-state index in [0.29, 0.717) is 23.9 Å². The van der Waals surface area contributed by atoms with Gasteiger partial charge in [0.15, 0.2) is 0 Å². The molecule has 1 saturated heterocycles. The molecular formula is C31H31N3O3. The standard InChI is InChI=1S/C31H31N3O3/c35-29(33-19-9-10-20-33)22-34-21-27(26-15-7-8-16-28(26)34)30(36)31(37)32-18-17-25(23-11-3-1-4-12-23)24-13-5-2-6-14-24/h1-8,11-16,21,25H,9-10,17-20,22H2,(H,32,37). The number of carbonyl (C=O) groups excluding carboxylic acids is 3. The molecule has 0 bridgehead atoms. The van der Waals surface area contributed by atoms with Crippen LogP contribution in [-0.4, -0.2) is 46.7 Å². The molecule has 1 N–H and O–H groups in total. The van der Waals surface area contributed by atoms with Crippen molar-refractivity contribution in [2.45, 2.75) is 31.7 Å². The summed E-state index contributed by atoms with van der Waals surface area (Å²) in [7, 11) is 0. The Bertz CT molecular complexity index is 1350. The van der Waals surface area contributed by atoms with Crippen LogP contribution in [0.15, 0.2) is 91.1 Å². The first-order chi connectivity index (χ1) is 18.1. The van der Waals surface area contributed by atoms with Gasteiger partial charge in [-0.1, -0.05) is 78.9 Å². The van der Waals surface area contributed by atoms with Gasteiger partial charge in [0, 0.05) is 42.7 Å². The Morgan fingerprint density at radius 3 is 2.03 bits per heavy atom. The average Bonchev–Trinajstić information content (AvgIpc) is 3.61. The second-order valence-corrected chi connectivity index (χ2v) is 9.52. The van der Waals surface area contributed by atoms with Crippen LogP contribution in [0, 0.1) is 0 Å². The zero-order chi connectivity index (χ0) is 25.6. The van der Waals surface area contributed by atoms with Gasteiger partial charge in [-0.05, 0) is 36.5 Å². The lowest BCUT2D eigenvalue weighted by atomic mass is 9.88. The quantitative estimate of drug-likeness (QED) is 0.269. The second kappa shape index (κ2) is 11.2. The number of nitrogens with zero attached hydrogens (tertiary/aromatic N) is 2. The lowest BCUT2D eigenvalue weighted by Gasteiger charge is -2.18. The lowest BCUT2D eigenvalue weighted by molar-refractivity contribution is -0.130. The highest BCUT2D eigenvalue weighted by molar-refractivity contribution is 6.45. The van der Waals surface area contributed by atoms with Crippen molar-refractivity contribution in [2.75, 3.05) is 19.6 Å². The molecule has 1 aromatic heterocycles. The van der Waals surface area contributed by atoms with Crippen molar-refractivity contribution in [1.82, 2.24) is 14.8 Å². The minimum absolute atomic E-state index is 0.0366. The van der Waals surface area contributed by atoms with E-state index in [-0.39, 0.29) is 18.4 Å². The van der Waals surface area contributed by atoms with Crippen LogP contribution in [0.2, 0.25) is 0 Å². The Labute approximate surface area is 216 Å². The third-order valence-electron chi connectivity index (χ3n) is 7.13. The Morgan fingerprint density at radius 2 is 1.38 bits per heavy atom. The Kier molecular flexibility index (Phi) is 7.45. The number of likely N-dealkylation sites (tertiary alicyclic amines) is 1. The highest BCUT2D eigenvalue weighted by atomic mass is 16.2. The summed E-state index contributed by atoms with van der Waals surface area (Å²) >= 11 is 0. The SMILES string of the molecule is O=C(NCCC(c1ccccc1)c1ccccc1)C(=O)c1cn(CC(=O)N2CCCC2)c2ccccc12. The van der Waals surface area contributed by atoms with Crippen LogP contribution in [0.4, 0.5) is 0 Å². The zero-order valence-corrected chi connectivity index (χ0v) is 20.8. The number of hydrogen-bond donors (Lipinski definition) is 1. The number of aromatic nitrogens is 1. The molecule has 0 spiro atoms. The summed E-state index contributed by atoms with van der Waals surface area (Å²) < 4.78 is 1.79. The first-order valence-corrected chi connectivity index (χ1v) is 12.9. The highest BCUT2D eigenvalue weighted by Gasteiger charge is 2.24. The highest BCUT2D eigenvalue weighted by Crippen LogP contribution is 2.27. The zero-order valence-electron chi connectivity index (χ0n) is 20.8. The summed E-state index contributed by atoms with van der Waals surface area (Å²) in [6, 6.07) is 27.8. The largest absolute Gasteiger partial charge is 0.349 e. The van der Waals surface area contributed by atoms with E-state index in [2.05, 4.69) is 29.6 Å². The molecule has 3 aromatic carbocycles. The summed E-state index contributed by atoms with van der Waals surface area (Å²) in [6.07, 6.45) is 4.37. The van der Waals surface area contributed by atoms with Gasteiger partial charge in [-0.25, -0.2) is 0 Å². The molecule has 1 fully saturated rings. The van der Waals surface area contributed by atoms with Gasteiger partial charge in [0.05, 0.1) is 5.56 Å². The van der Waals surface area contributed by atoms with Gasteiger partial charge in [-0.15, -0.1) is 0 Å². The molecule has 0 atom stereocenters. The first kappa shape index (κ1) is 24.5. The average molecular weight is 494 g/mol. The lowest BCUT2D eigenvalue weighted by Crippen LogP contribution is -2.32. The molecule has 0 saturated carbocycles. The van der Waals surface area contributed by atoms with Gasteiger partial charge < -0.3 is 14.8 Å². The molecule has 188 valence electrons. The third kappa shape index (κ3) is 5.48. The Morgan fingerprint density at radius 1 is 0.784 bits per heavy atom. The van der Waals surface area contributed by atoms with E-state index in [1.807, 2.05) is 65.6 Å². The summed E-state index contributed by atoms with van der Waals surface area (Å²) in [5, 5.41) is 3.52. The minimum Gasteiger partial charge on any atom is -0.349 e. The van der Waals surface area contributed by atoms with Crippen LogP contribution in [0.3, 0.4) is 0 Å². The van der Waals surface area contributed by atoms with Crippen molar-refractivity contribution >= 4 is 28.5 Å². The van der Waals surface area contributed by atoms with Crippen LogP contribution >= 0.6 is 0 Å². The van der Waals surface area contributed by atoms with Crippen LogP contribution in [0.25, 0.3) is 10.9 Å². The molecule has 37 heavy (non-hydrogen) atoms. The Balaban J connectivity index is 1.29. The van der Waals surface area contributed by atoms with Crippen molar-refractivity contribution in [2.24, 2.45) is 0 Å². The Hall–Kier alpha value is -4.19. The van der Waals surface area contributed by atoms with Gasteiger partial charge in [0.25, 0.3) is 11.7 Å². The number of fused-ring (bicyclic) bond motifs is 1. The van der Waals surface area contributed by atoms with Crippen molar-refractivity contribution in [3.63, 3.8) is 0 Å². The van der Waals surface area contributed by atoms with Crippen LogP contribution in [0.5, 0.6) is 0 Å². The molecule has 0 unspecified atom stereocenters. The maximum Gasteiger partial charge on any atom is 0.292 e. The predicted octanol–water partition coefficient (Wildman–Crippen LogP) is 4.78. The number of rotatable bonds is 9. The molecule has 2 amide bonds. The number of Topliss-reactive ketones (excluding diaryl/α,β-unsaturated/α-hetero) is 1. The van der Waals surface area contributed by atoms with E-state index < -0.39 is 11.7 Å². The monoisotopic (exact) mass is 493 g/mol. The molecule has 6 nitrogen and oxygen atoms in total. The molecule has 2 heterocycles. The number of benzene rings is 3. The summed E-state index contributed by atoms with van der Waals surface area (Å²) in [5.41, 5.74) is 3.43. The van der Waals surface area contributed by atoms with Gasteiger partial charge >= 0.3 is 0 Å². The number of hydrogen-bond acceptors (Lipinski definition) is 3. The van der Waals surface area contributed by atoms with E-state index in [1.165, 1.54) is 11.1 Å². The number of nitrogens with one attached hydrogen (secondary N) is 1. The fourth-order valence-electron chi connectivity index (χ4n) is 5.20. The maximum atomic E-state index is 13.2. The minimum atomic E-state index is -0.631. The van der Waals surface area contributed by atoms with Crippen molar-refractivity contribution in [3.8, 4) is 0 Å². The van der Waals surface area contributed by atoms with Gasteiger partial charge in [-0.3, -0.25) is 14.4 Å². The van der Waals surface area contributed by atoms with E-state index in [4.69, 9.17) is 0 Å². The molecule has 6 heteroatoms. The predicted molar refractivity (Wildman–Crippen MR) is 144 cm³/mol. The summed E-state index contributed by atoms with van der Waals surface area (Å²) in [6.45, 7) is 2.08. The smallest absolute Gasteiger partial charge is 0.292 e. The maximum absolute atomic E-state index is 13.2. The third-order valence-corrected chi connectivity index (χ3v) is 7.13. The van der Waals surface area contributed by atoms with Crippen molar-refractivity contribution in [1.29, 1.82) is 0 Å². The number of para-hydroxylation sites is 1. The molecule has 1 aliphatic rings. The number of amides is 2. The molecule has 1 aliphatic heterocycles. The number of ketones is 1. The topological polar surface area (TPSA) is 71.4 Å². The van der Waals surface area contributed by atoms with Crippen molar-refractivity contribution < 1.29 is 14.4 Å². The van der Waals surface area contributed by atoms with Crippen molar-refractivity contribution in [3.05, 3.63) is 108 Å². The molecule has 0 radical (unpaired) electrons. The van der Waals surface area contributed by atoms with E-state index >= 15 is 0 Å². The van der Waals surface area contributed by atoms with E-state index in [1.54, 1.807) is 10.8 Å². The van der Waals surface area contributed by atoms with Gasteiger partial charge in [0.1, 0.15) is 6.54 Å². The van der Waals surface area contributed by atoms with E-state index in [0.717, 1.165) is 31.4 Å². The molecule has 5 rings (SSSR count). The first-order valence-electron chi connectivity index (χ1n) is 12.9. The van der Waals surface area contributed by atoms with Crippen LogP contribution < -0.4 is 5.32 Å². The normalized spacial score (nSPS) is 13.3. The summed E-state index contributed by atoms with van der Waals surface area (Å²) in [5.74, 6) is -1.07. The number of carbonyl (C=O) groups is 3. The van der Waals surface area contributed by atoms with Gasteiger partial charge in [-0.2, -0.15) is 0 Å². The van der Waals surface area contributed by atoms with E-state index in [9.17, 15) is 14.4 Å². The molecular weight excluding hydrogens is 462 g/mol. The summed E-state index contributed by atoms with van der Waals surface area (Å²) in [4.78, 5) is 40.8. The fraction of sp³-hybridized carbons (Fsp3) is 0.258.